The molecule has 16 heavy (non-hydrogen) atoms. The van der Waals surface area contributed by atoms with Gasteiger partial charge in [-0.05, 0) is 7.05 Å². The quantitative estimate of drug-likeness (QED) is 0.474. The van der Waals surface area contributed by atoms with Crippen molar-refractivity contribution < 1.29 is 18.4 Å². The van der Waals surface area contributed by atoms with Crippen LogP contribution in [0, 0.1) is 21.7 Å². The average Bonchev–Trinajstić information content (AvgIpc) is 2.16. The van der Waals surface area contributed by atoms with Gasteiger partial charge in [-0.15, -0.1) is 0 Å². The minimum atomic E-state index is -1.25. The first-order chi connectivity index (χ1) is 7.56. The van der Waals surface area contributed by atoms with E-state index in [-0.39, 0.29) is 6.61 Å². The molecule has 1 rings (SSSR count). The molecule has 0 aliphatic carbocycles. The van der Waals surface area contributed by atoms with Gasteiger partial charge in [-0.2, -0.15) is 4.39 Å². The maximum atomic E-state index is 13.1. The van der Waals surface area contributed by atoms with Gasteiger partial charge in [0.05, 0.1) is 4.92 Å². The number of hydrogen-bond acceptors (Lipinski definition) is 4. The molecule has 0 bridgehead atoms. The lowest BCUT2D eigenvalue weighted by atomic mass is 10.2. The smallest absolute Gasteiger partial charge is 0.346 e. The third kappa shape index (κ3) is 2.86. The van der Waals surface area contributed by atoms with Crippen molar-refractivity contribution in [3.8, 4) is 5.75 Å². The van der Waals surface area contributed by atoms with Crippen LogP contribution >= 0.6 is 0 Å². The lowest BCUT2D eigenvalue weighted by Crippen LogP contribution is -2.16. The van der Waals surface area contributed by atoms with Crippen molar-refractivity contribution in [1.82, 2.24) is 5.32 Å². The van der Waals surface area contributed by atoms with Crippen molar-refractivity contribution in [1.29, 1.82) is 0 Å². The van der Waals surface area contributed by atoms with E-state index in [1.54, 1.807) is 7.05 Å². The second-order valence-electron chi connectivity index (χ2n) is 2.94. The van der Waals surface area contributed by atoms with Crippen LogP contribution in [0.1, 0.15) is 0 Å². The summed E-state index contributed by atoms with van der Waals surface area (Å²) in [4.78, 5) is 9.59. The number of benzene rings is 1. The molecule has 0 radical (unpaired) electrons. The number of ether oxygens (including phenoxy) is 1. The SMILES string of the molecule is CNCCOc1cc(F)cc(F)c1[N+](=O)[O-]. The van der Waals surface area contributed by atoms with E-state index in [1.807, 2.05) is 0 Å². The number of hydrogen-bond donors (Lipinski definition) is 1. The Morgan fingerprint density at radius 1 is 1.50 bits per heavy atom. The van der Waals surface area contributed by atoms with Gasteiger partial charge in [0.1, 0.15) is 12.4 Å². The molecule has 0 atom stereocenters. The van der Waals surface area contributed by atoms with Crippen molar-refractivity contribution in [3.63, 3.8) is 0 Å². The molecule has 0 heterocycles. The van der Waals surface area contributed by atoms with Crippen LogP contribution < -0.4 is 10.1 Å². The van der Waals surface area contributed by atoms with Gasteiger partial charge in [-0.1, -0.05) is 0 Å². The van der Waals surface area contributed by atoms with Gasteiger partial charge in [0.2, 0.25) is 11.6 Å². The van der Waals surface area contributed by atoms with Crippen molar-refractivity contribution in [2.75, 3.05) is 20.2 Å². The lowest BCUT2D eigenvalue weighted by Gasteiger charge is -2.06. The van der Waals surface area contributed by atoms with Gasteiger partial charge in [-0.25, -0.2) is 4.39 Å². The topological polar surface area (TPSA) is 64.4 Å². The highest BCUT2D eigenvalue weighted by Gasteiger charge is 2.23. The fraction of sp³-hybridized carbons (Fsp3) is 0.333. The van der Waals surface area contributed by atoms with Gasteiger partial charge < -0.3 is 10.1 Å². The van der Waals surface area contributed by atoms with E-state index in [0.29, 0.717) is 12.6 Å². The summed E-state index contributed by atoms with van der Waals surface area (Å²) >= 11 is 0. The van der Waals surface area contributed by atoms with Crippen LogP contribution in [0.4, 0.5) is 14.5 Å². The minimum absolute atomic E-state index is 0.0836. The summed E-state index contributed by atoms with van der Waals surface area (Å²) in [6.07, 6.45) is 0. The molecular formula is C9H10F2N2O3. The van der Waals surface area contributed by atoms with Gasteiger partial charge in [0.15, 0.2) is 0 Å². The Hall–Kier alpha value is -1.76. The Bertz CT molecular complexity index is 399. The molecule has 0 fully saturated rings. The average molecular weight is 232 g/mol. The first kappa shape index (κ1) is 12.3. The molecule has 1 aromatic rings. The van der Waals surface area contributed by atoms with E-state index in [2.05, 4.69) is 5.32 Å². The molecule has 1 aromatic carbocycles. The molecule has 0 amide bonds. The molecule has 0 unspecified atom stereocenters. The molecule has 1 N–H and O–H groups in total. The van der Waals surface area contributed by atoms with Gasteiger partial charge in [0, 0.05) is 18.7 Å². The highest BCUT2D eigenvalue weighted by atomic mass is 19.1. The zero-order valence-corrected chi connectivity index (χ0v) is 8.50. The van der Waals surface area contributed by atoms with E-state index >= 15 is 0 Å². The van der Waals surface area contributed by atoms with Crippen molar-refractivity contribution in [3.05, 3.63) is 33.9 Å². The second-order valence-corrected chi connectivity index (χ2v) is 2.94. The first-order valence-corrected chi connectivity index (χ1v) is 4.47. The predicted molar refractivity (Wildman–Crippen MR) is 52.4 cm³/mol. The van der Waals surface area contributed by atoms with E-state index in [1.165, 1.54) is 0 Å². The molecule has 0 saturated heterocycles. The molecule has 0 saturated carbocycles. The third-order valence-corrected chi connectivity index (χ3v) is 1.79. The third-order valence-electron chi connectivity index (χ3n) is 1.79. The normalized spacial score (nSPS) is 10.2. The summed E-state index contributed by atoms with van der Waals surface area (Å²) in [5.74, 6) is -2.57. The molecule has 88 valence electrons. The van der Waals surface area contributed by atoms with Crippen LogP contribution in [0.5, 0.6) is 5.75 Å². The number of likely N-dealkylation sites (N-methyl/N-ethyl adjacent to an activating group) is 1. The van der Waals surface area contributed by atoms with Gasteiger partial charge in [0.25, 0.3) is 0 Å². The van der Waals surface area contributed by atoms with Crippen LogP contribution in [0.2, 0.25) is 0 Å². The predicted octanol–water partition coefficient (Wildman–Crippen LogP) is 1.47. The number of nitro benzene ring substituents is 1. The number of nitro groups is 1. The monoisotopic (exact) mass is 232 g/mol. The van der Waals surface area contributed by atoms with Crippen molar-refractivity contribution >= 4 is 5.69 Å². The fourth-order valence-electron chi connectivity index (χ4n) is 1.09. The number of nitrogens with zero attached hydrogens (tertiary/aromatic N) is 1. The van der Waals surface area contributed by atoms with E-state index in [4.69, 9.17) is 4.74 Å². The summed E-state index contributed by atoms with van der Waals surface area (Å²) in [5.41, 5.74) is -0.850. The van der Waals surface area contributed by atoms with E-state index in [9.17, 15) is 18.9 Å². The summed E-state index contributed by atoms with van der Waals surface area (Å²) in [5, 5.41) is 13.3. The Labute approximate surface area is 90.2 Å². The molecule has 0 aromatic heterocycles. The fourth-order valence-corrected chi connectivity index (χ4v) is 1.09. The molecular weight excluding hydrogens is 222 g/mol. The number of rotatable bonds is 5. The molecule has 5 nitrogen and oxygen atoms in total. The number of halogens is 2. The summed E-state index contributed by atoms with van der Waals surface area (Å²) in [6, 6.07) is 1.24. The molecule has 7 heteroatoms. The molecule has 0 aliphatic rings. The summed E-state index contributed by atoms with van der Waals surface area (Å²) in [6.45, 7) is 0.496. The van der Waals surface area contributed by atoms with Crippen molar-refractivity contribution in [2.24, 2.45) is 0 Å². The van der Waals surface area contributed by atoms with Gasteiger partial charge in [-0.3, -0.25) is 10.1 Å². The zero-order chi connectivity index (χ0) is 12.1. The Morgan fingerprint density at radius 2 is 2.19 bits per heavy atom. The molecule has 0 aliphatic heterocycles. The van der Waals surface area contributed by atoms with E-state index < -0.39 is 28.0 Å². The summed E-state index contributed by atoms with van der Waals surface area (Å²) < 4.78 is 30.8. The van der Waals surface area contributed by atoms with E-state index in [0.717, 1.165) is 6.07 Å². The first-order valence-electron chi connectivity index (χ1n) is 4.47. The Kier molecular flexibility index (Phi) is 4.12. The maximum absolute atomic E-state index is 13.1. The largest absolute Gasteiger partial charge is 0.485 e. The zero-order valence-electron chi connectivity index (χ0n) is 8.50. The Balaban J connectivity index is 2.99. The van der Waals surface area contributed by atoms with Crippen LogP contribution in [0.15, 0.2) is 12.1 Å². The van der Waals surface area contributed by atoms with Crippen LogP contribution in [-0.4, -0.2) is 25.1 Å². The van der Waals surface area contributed by atoms with Crippen molar-refractivity contribution in [2.45, 2.75) is 0 Å². The van der Waals surface area contributed by atoms with Crippen LogP contribution in [-0.2, 0) is 0 Å². The minimum Gasteiger partial charge on any atom is -0.485 e. The van der Waals surface area contributed by atoms with Crippen LogP contribution in [0.25, 0.3) is 0 Å². The lowest BCUT2D eigenvalue weighted by molar-refractivity contribution is -0.388. The van der Waals surface area contributed by atoms with Gasteiger partial charge >= 0.3 is 5.69 Å². The Morgan fingerprint density at radius 3 is 2.75 bits per heavy atom. The second kappa shape index (κ2) is 5.36. The highest BCUT2D eigenvalue weighted by Crippen LogP contribution is 2.30. The summed E-state index contributed by atoms with van der Waals surface area (Å²) in [7, 11) is 1.66. The maximum Gasteiger partial charge on any atom is 0.346 e. The molecule has 0 spiro atoms. The standard InChI is InChI=1S/C9H10F2N2O3/c1-12-2-3-16-8-5-6(10)4-7(11)9(8)13(14)15/h4-5,12H,2-3H2,1H3. The van der Waals surface area contributed by atoms with Crippen LogP contribution in [0.3, 0.4) is 0 Å². The number of nitrogens with one attached hydrogen (secondary N) is 1. The highest BCUT2D eigenvalue weighted by molar-refractivity contribution is 5.47.